The molecule has 2 heterocycles. The van der Waals surface area contributed by atoms with Crippen LogP contribution in [0.1, 0.15) is 25.3 Å². The second-order valence-electron chi connectivity index (χ2n) is 5.17. The second-order valence-corrected chi connectivity index (χ2v) is 5.17. The van der Waals surface area contributed by atoms with Crippen LogP contribution in [0.15, 0.2) is 18.3 Å². The van der Waals surface area contributed by atoms with Crippen molar-refractivity contribution in [1.29, 1.82) is 0 Å². The highest BCUT2D eigenvalue weighted by Crippen LogP contribution is 2.17. The summed E-state index contributed by atoms with van der Waals surface area (Å²) < 4.78 is 5.44. The molecule has 0 radical (unpaired) electrons. The predicted molar refractivity (Wildman–Crippen MR) is 79.0 cm³/mol. The molecule has 21 heavy (non-hydrogen) atoms. The molecule has 0 bridgehead atoms. The highest BCUT2D eigenvalue weighted by atomic mass is 16.5. The van der Waals surface area contributed by atoms with Gasteiger partial charge in [-0.15, -0.1) is 0 Å². The van der Waals surface area contributed by atoms with Crippen molar-refractivity contribution in [2.45, 2.75) is 26.3 Å². The lowest BCUT2D eigenvalue weighted by molar-refractivity contribution is 0.137. The van der Waals surface area contributed by atoms with Crippen molar-refractivity contribution in [3.8, 4) is 5.88 Å². The van der Waals surface area contributed by atoms with E-state index in [9.17, 15) is 4.79 Å². The number of carbonyl (C=O) groups excluding carboxylic acids is 1. The Kier molecular flexibility index (Phi) is 5.80. The number of rotatable bonds is 5. The van der Waals surface area contributed by atoms with Crippen molar-refractivity contribution in [3.05, 3.63) is 23.9 Å². The molecule has 0 aromatic carbocycles. The minimum absolute atomic E-state index is 0.0716. The Bertz CT molecular complexity index is 459. The Balaban J connectivity index is 1.84. The zero-order valence-corrected chi connectivity index (χ0v) is 12.4. The number of aliphatic hydroxyl groups is 1. The molecule has 0 atom stereocenters. The first kappa shape index (κ1) is 15.6. The minimum atomic E-state index is -0.0716. The summed E-state index contributed by atoms with van der Waals surface area (Å²) in [5.74, 6) is 0.899. The maximum absolute atomic E-state index is 12.1. The van der Waals surface area contributed by atoms with Gasteiger partial charge in [0.15, 0.2) is 0 Å². The van der Waals surface area contributed by atoms with Gasteiger partial charge in [-0.05, 0) is 31.7 Å². The number of nitrogens with zero attached hydrogens (tertiary/aromatic N) is 2. The number of nitrogens with one attached hydrogen (secondary N) is 1. The molecule has 1 aliphatic rings. The van der Waals surface area contributed by atoms with E-state index in [1.807, 2.05) is 19.1 Å². The molecule has 0 spiro atoms. The largest absolute Gasteiger partial charge is 0.478 e. The van der Waals surface area contributed by atoms with E-state index in [2.05, 4.69) is 10.3 Å². The van der Waals surface area contributed by atoms with Crippen molar-refractivity contribution in [1.82, 2.24) is 15.2 Å². The maximum Gasteiger partial charge on any atom is 0.317 e. The van der Waals surface area contributed by atoms with Gasteiger partial charge in [-0.2, -0.15) is 0 Å². The summed E-state index contributed by atoms with van der Waals surface area (Å²) in [5.41, 5.74) is 0.873. The molecular weight excluding hydrogens is 270 g/mol. The molecule has 1 aromatic rings. The minimum Gasteiger partial charge on any atom is -0.478 e. The fourth-order valence-electron chi connectivity index (χ4n) is 2.43. The molecule has 0 aliphatic carbocycles. The van der Waals surface area contributed by atoms with Crippen LogP contribution in [0.3, 0.4) is 0 Å². The van der Waals surface area contributed by atoms with Crippen LogP contribution in [0.5, 0.6) is 5.88 Å². The number of hydrogen-bond donors (Lipinski definition) is 2. The average Bonchev–Trinajstić information content (AvgIpc) is 2.54. The van der Waals surface area contributed by atoms with Crippen LogP contribution in [0, 0.1) is 5.92 Å². The fraction of sp³-hybridized carbons (Fsp3) is 0.600. The molecule has 1 aliphatic heterocycles. The first-order valence-electron chi connectivity index (χ1n) is 7.45. The van der Waals surface area contributed by atoms with E-state index in [0.717, 1.165) is 18.4 Å². The number of amides is 2. The molecule has 6 heteroatoms. The smallest absolute Gasteiger partial charge is 0.317 e. The summed E-state index contributed by atoms with van der Waals surface area (Å²) in [4.78, 5) is 18.1. The van der Waals surface area contributed by atoms with Crippen molar-refractivity contribution < 1.29 is 14.6 Å². The number of piperidine rings is 1. The van der Waals surface area contributed by atoms with Crippen molar-refractivity contribution >= 4 is 6.03 Å². The van der Waals surface area contributed by atoms with Gasteiger partial charge in [-0.1, -0.05) is 6.07 Å². The lowest BCUT2D eigenvalue weighted by Gasteiger charge is -2.31. The number of pyridine rings is 1. The highest BCUT2D eigenvalue weighted by Gasteiger charge is 2.22. The summed E-state index contributed by atoms with van der Waals surface area (Å²) >= 11 is 0. The van der Waals surface area contributed by atoms with E-state index in [0.29, 0.717) is 38.0 Å². The zero-order valence-electron chi connectivity index (χ0n) is 12.4. The van der Waals surface area contributed by atoms with Crippen molar-refractivity contribution in [2.75, 3.05) is 26.3 Å². The van der Waals surface area contributed by atoms with Crippen LogP contribution in [0.25, 0.3) is 0 Å². The third-order valence-corrected chi connectivity index (χ3v) is 3.72. The topological polar surface area (TPSA) is 74.7 Å². The number of aliphatic hydroxyl groups excluding tert-OH is 1. The number of carbonyl (C=O) groups is 1. The lowest BCUT2D eigenvalue weighted by atomic mass is 9.98. The monoisotopic (exact) mass is 293 g/mol. The van der Waals surface area contributed by atoms with E-state index in [-0.39, 0.29) is 12.6 Å². The van der Waals surface area contributed by atoms with Gasteiger partial charge in [0.1, 0.15) is 0 Å². The van der Waals surface area contributed by atoms with Gasteiger partial charge in [0.2, 0.25) is 5.88 Å². The molecule has 116 valence electrons. The second kappa shape index (κ2) is 7.83. The van der Waals surface area contributed by atoms with Gasteiger partial charge < -0.3 is 20.1 Å². The summed E-state index contributed by atoms with van der Waals surface area (Å²) in [5, 5.41) is 12.0. The average molecular weight is 293 g/mol. The molecule has 2 N–H and O–H groups in total. The Morgan fingerprint density at radius 3 is 2.95 bits per heavy atom. The number of ether oxygens (including phenoxy) is 1. The van der Waals surface area contributed by atoms with Crippen LogP contribution < -0.4 is 10.1 Å². The fourth-order valence-corrected chi connectivity index (χ4v) is 2.43. The lowest BCUT2D eigenvalue weighted by Crippen LogP contribution is -2.44. The van der Waals surface area contributed by atoms with Crippen LogP contribution in [0.2, 0.25) is 0 Å². The third kappa shape index (κ3) is 4.32. The Labute approximate surface area is 125 Å². The normalized spacial score (nSPS) is 15.8. The van der Waals surface area contributed by atoms with E-state index in [1.165, 1.54) is 0 Å². The van der Waals surface area contributed by atoms with Crippen LogP contribution in [-0.2, 0) is 6.54 Å². The quantitative estimate of drug-likeness (QED) is 0.860. The third-order valence-electron chi connectivity index (χ3n) is 3.72. The predicted octanol–water partition coefficient (Wildman–Crippen LogP) is 1.39. The van der Waals surface area contributed by atoms with Crippen molar-refractivity contribution in [3.63, 3.8) is 0 Å². The van der Waals surface area contributed by atoms with E-state index in [4.69, 9.17) is 9.84 Å². The molecule has 6 nitrogen and oxygen atoms in total. The Morgan fingerprint density at radius 1 is 1.52 bits per heavy atom. The van der Waals surface area contributed by atoms with Crippen LogP contribution in [0.4, 0.5) is 4.79 Å². The zero-order chi connectivity index (χ0) is 15.1. The summed E-state index contributed by atoms with van der Waals surface area (Å²) in [7, 11) is 0. The summed E-state index contributed by atoms with van der Waals surface area (Å²) in [6, 6.07) is 3.66. The molecule has 1 fully saturated rings. The SMILES string of the molecule is CCOc1ncccc1CNC(=O)N1CCC(CO)CC1. The number of hydrogen-bond acceptors (Lipinski definition) is 4. The highest BCUT2D eigenvalue weighted by molar-refractivity contribution is 5.74. The maximum atomic E-state index is 12.1. The summed E-state index contributed by atoms with van der Waals surface area (Å²) in [6.07, 6.45) is 3.40. The molecule has 1 aromatic heterocycles. The van der Waals surface area contributed by atoms with Gasteiger partial charge in [-0.3, -0.25) is 0 Å². The molecular formula is C15H23N3O3. The molecule has 0 saturated carbocycles. The summed E-state index contributed by atoms with van der Waals surface area (Å²) in [6.45, 7) is 4.46. The van der Waals surface area contributed by atoms with Crippen molar-refractivity contribution in [2.24, 2.45) is 5.92 Å². The molecule has 2 amide bonds. The number of urea groups is 1. The van der Waals surface area contributed by atoms with E-state index < -0.39 is 0 Å². The molecule has 1 saturated heterocycles. The Morgan fingerprint density at radius 2 is 2.29 bits per heavy atom. The molecule has 2 rings (SSSR count). The van der Waals surface area contributed by atoms with E-state index in [1.54, 1.807) is 11.1 Å². The van der Waals surface area contributed by atoms with Crippen LogP contribution >= 0.6 is 0 Å². The van der Waals surface area contributed by atoms with Gasteiger partial charge >= 0.3 is 6.03 Å². The van der Waals surface area contributed by atoms with E-state index >= 15 is 0 Å². The number of likely N-dealkylation sites (tertiary alicyclic amines) is 1. The Hall–Kier alpha value is -1.82. The standard InChI is InChI=1S/C15H23N3O3/c1-2-21-14-13(4-3-7-16-14)10-17-15(20)18-8-5-12(11-19)6-9-18/h3-4,7,12,19H,2,5-6,8-11H2,1H3,(H,17,20). The molecule has 0 unspecified atom stereocenters. The first-order valence-corrected chi connectivity index (χ1v) is 7.45. The van der Waals surface area contributed by atoms with Crippen LogP contribution in [-0.4, -0.2) is 47.3 Å². The van der Waals surface area contributed by atoms with Gasteiger partial charge in [0, 0.05) is 38.0 Å². The number of aromatic nitrogens is 1. The van der Waals surface area contributed by atoms with Gasteiger partial charge in [-0.25, -0.2) is 9.78 Å². The van der Waals surface area contributed by atoms with Gasteiger partial charge in [0.05, 0.1) is 6.61 Å². The van der Waals surface area contributed by atoms with Gasteiger partial charge in [0.25, 0.3) is 0 Å². The first-order chi connectivity index (χ1) is 10.2.